The summed E-state index contributed by atoms with van der Waals surface area (Å²) >= 11 is 1.94. The van der Waals surface area contributed by atoms with Crippen molar-refractivity contribution in [3.63, 3.8) is 0 Å². The smallest absolute Gasteiger partial charge is 0.115 e. The van der Waals surface area contributed by atoms with Gasteiger partial charge in [-0.3, -0.25) is 0 Å². The Morgan fingerprint density at radius 2 is 2.05 bits per heavy atom. The molecule has 1 aliphatic heterocycles. The van der Waals surface area contributed by atoms with Gasteiger partial charge in [-0.2, -0.15) is 0 Å². The van der Waals surface area contributed by atoms with Gasteiger partial charge >= 0.3 is 0 Å². The van der Waals surface area contributed by atoms with E-state index in [2.05, 4.69) is 29.6 Å². The van der Waals surface area contributed by atoms with E-state index >= 15 is 0 Å². The lowest BCUT2D eigenvalue weighted by molar-refractivity contribution is 0.472. The Hall–Kier alpha value is -1.45. The number of phenols is 1. The molecule has 0 saturated heterocycles. The van der Waals surface area contributed by atoms with Crippen molar-refractivity contribution in [1.82, 2.24) is 5.32 Å². The maximum absolute atomic E-state index is 9.48. The van der Waals surface area contributed by atoms with Crippen molar-refractivity contribution < 1.29 is 5.11 Å². The van der Waals surface area contributed by atoms with Crippen LogP contribution in [0.3, 0.4) is 0 Å². The number of benzene rings is 2. The fraction of sp³-hybridized carbons (Fsp3) is 0.250. The largest absolute Gasteiger partial charge is 0.508 e. The summed E-state index contributed by atoms with van der Waals surface area (Å²) in [5.41, 5.74) is 2.52. The van der Waals surface area contributed by atoms with E-state index in [4.69, 9.17) is 0 Å². The molecule has 0 saturated carbocycles. The second-order valence-corrected chi connectivity index (χ2v) is 5.92. The lowest BCUT2D eigenvalue weighted by Gasteiger charge is -2.26. The highest BCUT2D eigenvalue weighted by atomic mass is 32.2. The molecule has 1 heterocycles. The Labute approximate surface area is 117 Å². The van der Waals surface area contributed by atoms with Crippen molar-refractivity contribution in [2.45, 2.75) is 23.9 Å². The van der Waals surface area contributed by atoms with Crippen LogP contribution in [-0.2, 0) is 6.54 Å². The molecule has 2 nitrogen and oxygen atoms in total. The van der Waals surface area contributed by atoms with Crippen molar-refractivity contribution in [1.29, 1.82) is 0 Å². The van der Waals surface area contributed by atoms with Gasteiger partial charge in [0.1, 0.15) is 5.75 Å². The average molecular weight is 271 g/mol. The maximum Gasteiger partial charge on any atom is 0.115 e. The quantitative estimate of drug-likeness (QED) is 0.892. The number of hydrogen-bond donors (Lipinski definition) is 2. The molecular formula is C16H17NOS. The molecule has 0 radical (unpaired) electrons. The van der Waals surface area contributed by atoms with Crippen LogP contribution in [0, 0.1) is 0 Å². The monoisotopic (exact) mass is 271 g/mol. The predicted octanol–water partition coefficient (Wildman–Crippen LogP) is 3.72. The van der Waals surface area contributed by atoms with Crippen LogP contribution in [0.1, 0.15) is 23.6 Å². The van der Waals surface area contributed by atoms with Gasteiger partial charge in [0.05, 0.1) is 0 Å². The maximum atomic E-state index is 9.48. The van der Waals surface area contributed by atoms with E-state index in [-0.39, 0.29) is 0 Å². The van der Waals surface area contributed by atoms with Crippen LogP contribution in [0.2, 0.25) is 0 Å². The minimum atomic E-state index is 0.332. The molecule has 2 N–H and O–H groups in total. The molecule has 1 aliphatic rings. The van der Waals surface area contributed by atoms with Crippen LogP contribution in [0.5, 0.6) is 5.75 Å². The van der Waals surface area contributed by atoms with Gasteiger partial charge in [0, 0.05) is 17.5 Å². The van der Waals surface area contributed by atoms with E-state index < -0.39 is 0 Å². The third-order valence-corrected chi connectivity index (χ3v) is 4.54. The van der Waals surface area contributed by atoms with E-state index in [1.54, 1.807) is 6.07 Å². The zero-order chi connectivity index (χ0) is 13.1. The van der Waals surface area contributed by atoms with E-state index in [1.807, 2.05) is 30.0 Å². The summed E-state index contributed by atoms with van der Waals surface area (Å²) in [5.74, 6) is 1.49. The van der Waals surface area contributed by atoms with Crippen LogP contribution in [-0.4, -0.2) is 10.9 Å². The highest BCUT2D eigenvalue weighted by Gasteiger charge is 2.19. The first-order valence-corrected chi connectivity index (χ1v) is 7.54. The molecule has 0 amide bonds. The molecule has 2 aromatic carbocycles. The first-order chi connectivity index (χ1) is 9.33. The summed E-state index contributed by atoms with van der Waals surface area (Å²) < 4.78 is 0. The van der Waals surface area contributed by atoms with Gasteiger partial charge in [0.2, 0.25) is 0 Å². The first kappa shape index (κ1) is 12.6. The Balaban J connectivity index is 1.71. The topological polar surface area (TPSA) is 32.3 Å². The van der Waals surface area contributed by atoms with Crippen molar-refractivity contribution in [3.8, 4) is 5.75 Å². The molecular weight excluding hydrogens is 254 g/mol. The lowest BCUT2D eigenvalue weighted by atomic mass is 10.0. The Morgan fingerprint density at radius 1 is 1.16 bits per heavy atom. The van der Waals surface area contributed by atoms with Gasteiger partial charge in [-0.1, -0.05) is 30.3 Å². The molecule has 2 aromatic rings. The standard InChI is InChI=1S/C16H17NOS/c18-13-5-3-4-12(10-13)11-17-15-8-9-19-16-7-2-1-6-14(15)16/h1-7,10,15,17-18H,8-9,11H2. The molecule has 0 aliphatic carbocycles. The third-order valence-electron chi connectivity index (χ3n) is 3.42. The Morgan fingerprint density at radius 3 is 2.95 bits per heavy atom. The van der Waals surface area contributed by atoms with Gasteiger partial charge < -0.3 is 10.4 Å². The molecule has 1 unspecified atom stereocenters. The molecule has 0 aromatic heterocycles. The van der Waals surface area contributed by atoms with Crippen molar-refractivity contribution in [2.24, 2.45) is 0 Å². The summed E-state index contributed by atoms with van der Waals surface area (Å²) in [7, 11) is 0. The van der Waals surface area contributed by atoms with Crippen LogP contribution < -0.4 is 5.32 Å². The second-order valence-electron chi connectivity index (χ2n) is 4.78. The fourth-order valence-electron chi connectivity index (χ4n) is 2.46. The molecule has 0 fully saturated rings. The summed E-state index contributed by atoms with van der Waals surface area (Å²) in [6.07, 6.45) is 1.15. The van der Waals surface area contributed by atoms with Crippen molar-refractivity contribution >= 4 is 11.8 Å². The van der Waals surface area contributed by atoms with Crippen LogP contribution in [0.25, 0.3) is 0 Å². The number of thioether (sulfide) groups is 1. The second kappa shape index (κ2) is 5.68. The van der Waals surface area contributed by atoms with Crippen LogP contribution >= 0.6 is 11.8 Å². The fourth-order valence-corrected chi connectivity index (χ4v) is 3.59. The number of nitrogens with one attached hydrogen (secondary N) is 1. The van der Waals surface area contributed by atoms with Crippen LogP contribution in [0.15, 0.2) is 53.4 Å². The van der Waals surface area contributed by atoms with Gasteiger partial charge in [0.25, 0.3) is 0 Å². The number of fused-ring (bicyclic) bond motifs is 1. The first-order valence-electron chi connectivity index (χ1n) is 6.56. The van der Waals surface area contributed by atoms with E-state index in [9.17, 15) is 5.11 Å². The van der Waals surface area contributed by atoms with E-state index in [0.29, 0.717) is 11.8 Å². The number of phenolic OH excluding ortho intramolecular Hbond substituents is 1. The van der Waals surface area contributed by atoms with E-state index in [1.165, 1.54) is 10.5 Å². The number of aromatic hydroxyl groups is 1. The minimum absolute atomic E-state index is 0.332. The van der Waals surface area contributed by atoms with Crippen molar-refractivity contribution in [3.05, 3.63) is 59.7 Å². The zero-order valence-electron chi connectivity index (χ0n) is 10.7. The highest BCUT2D eigenvalue weighted by molar-refractivity contribution is 7.99. The molecule has 3 rings (SSSR count). The lowest BCUT2D eigenvalue weighted by Crippen LogP contribution is -2.24. The molecule has 19 heavy (non-hydrogen) atoms. The molecule has 0 bridgehead atoms. The van der Waals surface area contributed by atoms with Gasteiger partial charge in [-0.15, -0.1) is 11.8 Å². The summed E-state index contributed by atoms with van der Waals surface area (Å²) in [5, 5.41) is 13.1. The Kier molecular flexibility index (Phi) is 3.76. The summed E-state index contributed by atoms with van der Waals surface area (Å²) in [6.45, 7) is 0.790. The average Bonchev–Trinajstić information content (AvgIpc) is 2.45. The molecule has 3 heteroatoms. The zero-order valence-corrected chi connectivity index (χ0v) is 11.5. The number of hydrogen-bond acceptors (Lipinski definition) is 3. The molecule has 0 spiro atoms. The summed E-state index contributed by atoms with van der Waals surface area (Å²) in [6, 6.07) is 16.5. The van der Waals surface area contributed by atoms with Gasteiger partial charge in [0.15, 0.2) is 0 Å². The van der Waals surface area contributed by atoms with Crippen LogP contribution in [0.4, 0.5) is 0 Å². The minimum Gasteiger partial charge on any atom is -0.508 e. The van der Waals surface area contributed by atoms with Crippen molar-refractivity contribution in [2.75, 3.05) is 5.75 Å². The number of rotatable bonds is 3. The highest BCUT2D eigenvalue weighted by Crippen LogP contribution is 2.35. The van der Waals surface area contributed by atoms with Gasteiger partial charge in [-0.25, -0.2) is 0 Å². The van der Waals surface area contributed by atoms with E-state index in [0.717, 1.165) is 24.3 Å². The molecule has 1 atom stereocenters. The predicted molar refractivity (Wildman–Crippen MR) is 79.5 cm³/mol. The normalized spacial score (nSPS) is 18.0. The molecule has 98 valence electrons. The summed E-state index contributed by atoms with van der Waals surface area (Å²) in [4.78, 5) is 1.39. The van der Waals surface area contributed by atoms with Gasteiger partial charge in [-0.05, 0) is 41.5 Å². The third kappa shape index (κ3) is 2.94. The Bertz CT molecular complexity index is 570. The SMILES string of the molecule is Oc1cccc(CNC2CCSc3ccccc32)c1.